The van der Waals surface area contributed by atoms with E-state index in [1.54, 1.807) is 18.2 Å². The number of carboxylic acid groups (broad SMARTS) is 1. The zero-order valence-electron chi connectivity index (χ0n) is 15.1. The van der Waals surface area contributed by atoms with Crippen molar-refractivity contribution in [2.75, 3.05) is 11.9 Å². The second-order valence-electron chi connectivity index (χ2n) is 6.53. The van der Waals surface area contributed by atoms with E-state index < -0.39 is 23.7 Å². The molecular weight excluding hydrogens is 444 g/mol. The van der Waals surface area contributed by atoms with Crippen molar-refractivity contribution < 1.29 is 29.4 Å². The Morgan fingerprint density at radius 1 is 1.03 bits per heavy atom. The third-order valence-electron chi connectivity index (χ3n) is 4.41. The van der Waals surface area contributed by atoms with E-state index in [0.29, 0.717) is 21.2 Å². The van der Waals surface area contributed by atoms with Crippen LogP contribution in [0.25, 0.3) is 0 Å². The molecule has 0 saturated carbocycles. The number of imide groups is 1. The van der Waals surface area contributed by atoms with Crippen molar-refractivity contribution in [3.8, 4) is 5.75 Å². The minimum atomic E-state index is -1.03. The molecule has 3 N–H and O–H groups in total. The number of aliphatic carboxylic acids is 1. The number of carbonyl (C=O) groups is 4. The Balaban J connectivity index is 1.56. The fraction of sp³-hybridized carbons (Fsp3) is 0.200. The lowest BCUT2D eigenvalue weighted by atomic mass is 10.1. The molecule has 0 unspecified atom stereocenters. The topological polar surface area (TPSA) is 124 Å². The molecule has 0 spiro atoms. The van der Waals surface area contributed by atoms with Crippen LogP contribution in [0, 0.1) is 0 Å². The lowest BCUT2D eigenvalue weighted by Gasteiger charge is -2.14. The molecule has 2 aromatic carbocycles. The van der Waals surface area contributed by atoms with Crippen molar-refractivity contribution in [2.24, 2.45) is 0 Å². The van der Waals surface area contributed by atoms with E-state index in [2.05, 4.69) is 21.2 Å². The molecule has 2 aromatic rings. The maximum Gasteiger partial charge on any atom is 0.307 e. The normalized spacial score (nSPS) is 12.8. The molecule has 3 rings (SSSR count). The first kappa shape index (κ1) is 20.5. The van der Waals surface area contributed by atoms with Gasteiger partial charge < -0.3 is 15.5 Å². The van der Waals surface area contributed by atoms with Gasteiger partial charge in [-0.25, -0.2) is 0 Å². The highest BCUT2D eigenvalue weighted by atomic mass is 79.9. The minimum Gasteiger partial charge on any atom is -0.506 e. The number of carbonyl (C=O) groups excluding carboxylic acids is 3. The number of phenols is 1. The average molecular weight is 461 g/mol. The molecule has 0 radical (unpaired) electrons. The second kappa shape index (κ2) is 8.44. The summed E-state index contributed by atoms with van der Waals surface area (Å²) in [4.78, 5) is 48.8. The summed E-state index contributed by atoms with van der Waals surface area (Å²) >= 11 is 3.27. The number of amides is 3. The fourth-order valence-electron chi connectivity index (χ4n) is 3.04. The van der Waals surface area contributed by atoms with Crippen molar-refractivity contribution in [3.63, 3.8) is 0 Å². The molecule has 3 amide bonds. The maximum absolute atomic E-state index is 12.4. The van der Waals surface area contributed by atoms with E-state index in [9.17, 15) is 24.3 Å². The summed E-state index contributed by atoms with van der Waals surface area (Å²) in [5.74, 6) is -2.42. The summed E-state index contributed by atoms with van der Waals surface area (Å²) in [5.41, 5.74) is 1.21. The maximum atomic E-state index is 12.4. The Morgan fingerprint density at radius 2 is 1.76 bits per heavy atom. The molecule has 9 heteroatoms. The molecule has 0 aliphatic carbocycles. The van der Waals surface area contributed by atoms with Crippen LogP contribution >= 0.6 is 15.9 Å². The van der Waals surface area contributed by atoms with Gasteiger partial charge in [-0.15, -0.1) is 0 Å². The number of aromatic hydroxyl groups is 1. The van der Waals surface area contributed by atoms with Gasteiger partial charge in [-0.3, -0.25) is 24.1 Å². The Bertz CT molecular complexity index is 1020. The molecule has 1 aliphatic heterocycles. The number of nitrogens with zero attached hydrogens (tertiary/aromatic N) is 1. The Hall–Kier alpha value is -3.20. The van der Waals surface area contributed by atoms with Gasteiger partial charge in [0.1, 0.15) is 5.75 Å². The van der Waals surface area contributed by atoms with E-state index in [4.69, 9.17) is 5.11 Å². The van der Waals surface area contributed by atoms with Crippen molar-refractivity contribution in [2.45, 2.75) is 19.3 Å². The van der Waals surface area contributed by atoms with Gasteiger partial charge in [-0.1, -0.05) is 22.0 Å². The number of anilines is 1. The van der Waals surface area contributed by atoms with Crippen molar-refractivity contribution in [1.82, 2.24) is 4.90 Å². The van der Waals surface area contributed by atoms with E-state index in [1.165, 1.54) is 18.2 Å². The molecule has 1 aliphatic rings. The summed E-state index contributed by atoms with van der Waals surface area (Å²) in [6.45, 7) is 0.0857. The Kier molecular flexibility index (Phi) is 5.97. The van der Waals surface area contributed by atoms with Gasteiger partial charge >= 0.3 is 5.97 Å². The van der Waals surface area contributed by atoms with Crippen LogP contribution in [0.2, 0.25) is 0 Å². The SMILES string of the molecule is O=C(O)Cc1ccc(O)c(NC(=O)CCCN2C(=O)c3ccc(Br)cc3C2=O)c1. The lowest BCUT2D eigenvalue weighted by Crippen LogP contribution is -2.31. The number of nitrogens with one attached hydrogen (secondary N) is 1. The van der Waals surface area contributed by atoms with E-state index in [-0.39, 0.29) is 37.2 Å². The second-order valence-corrected chi connectivity index (χ2v) is 7.44. The van der Waals surface area contributed by atoms with Crippen LogP contribution in [0.15, 0.2) is 40.9 Å². The van der Waals surface area contributed by atoms with Crippen LogP contribution in [0.1, 0.15) is 39.1 Å². The number of rotatable bonds is 7. The summed E-state index contributed by atoms with van der Waals surface area (Å²) < 4.78 is 0.698. The summed E-state index contributed by atoms with van der Waals surface area (Å²) in [6, 6.07) is 9.02. The molecule has 0 bridgehead atoms. The zero-order valence-corrected chi connectivity index (χ0v) is 16.7. The first-order chi connectivity index (χ1) is 13.8. The van der Waals surface area contributed by atoms with Crippen molar-refractivity contribution in [3.05, 3.63) is 57.6 Å². The molecular formula is C20H17BrN2O6. The van der Waals surface area contributed by atoms with Crippen LogP contribution in [0.4, 0.5) is 5.69 Å². The lowest BCUT2D eigenvalue weighted by molar-refractivity contribution is -0.136. The predicted molar refractivity (Wildman–Crippen MR) is 107 cm³/mol. The van der Waals surface area contributed by atoms with E-state index >= 15 is 0 Å². The summed E-state index contributed by atoms with van der Waals surface area (Å²) in [7, 11) is 0. The van der Waals surface area contributed by atoms with Gasteiger partial charge in [-0.2, -0.15) is 0 Å². The van der Waals surface area contributed by atoms with E-state index in [1.807, 2.05) is 0 Å². The van der Waals surface area contributed by atoms with Gasteiger partial charge in [0.25, 0.3) is 11.8 Å². The van der Waals surface area contributed by atoms with Crippen LogP contribution in [0.5, 0.6) is 5.75 Å². The van der Waals surface area contributed by atoms with Crippen LogP contribution in [-0.2, 0) is 16.0 Å². The fourth-order valence-corrected chi connectivity index (χ4v) is 3.41. The number of benzene rings is 2. The summed E-state index contributed by atoms with van der Waals surface area (Å²) in [5, 5.41) is 21.2. The standard InChI is InChI=1S/C20H17BrN2O6/c21-12-4-5-13-14(10-12)20(29)23(19(13)28)7-1-2-17(25)22-15-8-11(9-18(26)27)3-6-16(15)24/h3-6,8,10,24H,1-2,7,9H2,(H,22,25)(H,26,27). The number of phenolic OH excluding ortho intramolecular Hbond substituents is 1. The van der Waals surface area contributed by atoms with Gasteiger partial charge in [0.05, 0.1) is 23.2 Å². The minimum absolute atomic E-state index is 0.0136. The number of carboxylic acids is 1. The first-order valence-corrected chi connectivity index (χ1v) is 9.55. The Morgan fingerprint density at radius 3 is 2.48 bits per heavy atom. The molecule has 0 atom stereocenters. The van der Waals surface area contributed by atoms with Gasteiger partial charge in [-0.05, 0) is 42.3 Å². The van der Waals surface area contributed by atoms with Crippen LogP contribution < -0.4 is 5.32 Å². The molecule has 0 saturated heterocycles. The molecule has 150 valence electrons. The third kappa shape index (κ3) is 4.62. The smallest absolute Gasteiger partial charge is 0.307 e. The van der Waals surface area contributed by atoms with Gasteiger partial charge in [0.15, 0.2) is 0 Å². The molecule has 0 fully saturated rings. The summed E-state index contributed by atoms with van der Waals surface area (Å²) in [6.07, 6.45) is 0.0206. The number of halogens is 1. The van der Waals surface area contributed by atoms with Gasteiger partial charge in [0, 0.05) is 17.4 Å². The number of hydrogen-bond donors (Lipinski definition) is 3. The number of hydrogen-bond acceptors (Lipinski definition) is 5. The largest absolute Gasteiger partial charge is 0.506 e. The third-order valence-corrected chi connectivity index (χ3v) is 4.90. The highest BCUT2D eigenvalue weighted by Crippen LogP contribution is 2.27. The first-order valence-electron chi connectivity index (χ1n) is 8.75. The quantitative estimate of drug-likeness (QED) is 0.431. The zero-order chi connectivity index (χ0) is 21.1. The predicted octanol–water partition coefficient (Wildman–Crippen LogP) is 2.80. The van der Waals surface area contributed by atoms with Gasteiger partial charge in [0.2, 0.25) is 5.91 Å². The van der Waals surface area contributed by atoms with E-state index in [0.717, 1.165) is 4.90 Å². The van der Waals surface area contributed by atoms with Crippen LogP contribution in [-0.4, -0.2) is 45.3 Å². The molecule has 1 heterocycles. The van der Waals surface area contributed by atoms with Crippen molar-refractivity contribution in [1.29, 1.82) is 0 Å². The highest BCUT2D eigenvalue weighted by Gasteiger charge is 2.35. The monoisotopic (exact) mass is 460 g/mol. The highest BCUT2D eigenvalue weighted by molar-refractivity contribution is 9.10. The van der Waals surface area contributed by atoms with Crippen molar-refractivity contribution >= 4 is 45.3 Å². The Labute approximate surface area is 174 Å². The molecule has 29 heavy (non-hydrogen) atoms. The van der Waals surface area contributed by atoms with Crippen LogP contribution in [0.3, 0.4) is 0 Å². The molecule has 0 aromatic heterocycles. The number of fused-ring (bicyclic) bond motifs is 1. The molecule has 8 nitrogen and oxygen atoms in total. The average Bonchev–Trinajstić information content (AvgIpc) is 2.88.